The predicted octanol–water partition coefficient (Wildman–Crippen LogP) is 5.93. The van der Waals surface area contributed by atoms with Crippen LogP contribution < -0.4 is 0 Å². The molecule has 3 nitrogen and oxygen atoms in total. The maximum atomic E-state index is 12.3. The Kier molecular flexibility index (Phi) is 3.47. The van der Waals surface area contributed by atoms with Crippen LogP contribution >= 0.6 is 0 Å². The monoisotopic (exact) mass is 351 g/mol. The van der Waals surface area contributed by atoms with Gasteiger partial charge in [0.15, 0.2) is 0 Å². The van der Waals surface area contributed by atoms with Crippen LogP contribution in [0.2, 0.25) is 0 Å². The molecule has 130 valence electrons. The van der Waals surface area contributed by atoms with Gasteiger partial charge in [-0.15, -0.1) is 0 Å². The van der Waals surface area contributed by atoms with Crippen molar-refractivity contribution < 1.29 is 9.53 Å². The molecule has 0 spiro atoms. The van der Waals surface area contributed by atoms with Crippen LogP contribution in [0.1, 0.15) is 10.4 Å². The molecule has 0 unspecified atom stereocenters. The summed E-state index contributed by atoms with van der Waals surface area (Å²) in [5.74, 6) is -0.327. The van der Waals surface area contributed by atoms with Gasteiger partial charge in [0.2, 0.25) is 0 Å². The number of H-pyrrole nitrogens is 1. The Hall–Kier alpha value is -3.59. The molecule has 0 saturated carbocycles. The van der Waals surface area contributed by atoms with Crippen molar-refractivity contribution in [3.8, 4) is 11.1 Å². The number of carbonyl (C=O) groups excluding carboxylic acids is 1. The smallest absolute Gasteiger partial charge is 0.338 e. The van der Waals surface area contributed by atoms with Gasteiger partial charge in [-0.05, 0) is 40.1 Å². The zero-order chi connectivity index (χ0) is 18.4. The molecule has 0 saturated heterocycles. The Morgan fingerprint density at radius 2 is 1.41 bits per heavy atom. The minimum atomic E-state index is -0.327. The average molecular weight is 351 g/mol. The molecule has 0 amide bonds. The lowest BCUT2D eigenvalue weighted by Gasteiger charge is -2.12. The van der Waals surface area contributed by atoms with E-state index in [-0.39, 0.29) is 5.97 Å². The van der Waals surface area contributed by atoms with Gasteiger partial charge in [-0.3, -0.25) is 0 Å². The van der Waals surface area contributed by atoms with Crippen molar-refractivity contribution in [3.63, 3.8) is 0 Å². The Labute approximate surface area is 156 Å². The summed E-state index contributed by atoms with van der Waals surface area (Å²) in [6.45, 7) is 0. The number of para-hydroxylation sites is 1. The molecule has 0 fully saturated rings. The second-order valence-corrected chi connectivity index (χ2v) is 6.60. The lowest BCUT2D eigenvalue weighted by molar-refractivity contribution is 0.0601. The van der Waals surface area contributed by atoms with E-state index < -0.39 is 0 Å². The van der Waals surface area contributed by atoms with E-state index >= 15 is 0 Å². The lowest BCUT2D eigenvalue weighted by atomic mass is 9.92. The number of nitrogens with one attached hydrogen (secondary N) is 1. The van der Waals surface area contributed by atoms with E-state index in [0.29, 0.717) is 5.56 Å². The van der Waals surface area contributed by atoms with Gasteiger partial charge in [-0.1, -0.05) is 60.7 Å². The Morgan fingerprint density at radius 1 is 0.741 bits per heavy atom. The van der Waals surface area contributed by atoms with E-state index in [0.717, 1.165) is 27.5 Å². The molecule has 1 heterocycles. The summed E-state index contributed by atoms with van der Waals surface area (Å²) in [4.78, 5) is 15.8. The zero-order valence-electron chi connectivity index (χ0n) is 14.8. The van der Waals surface area contributed by atoms with E-state index in [9.17, 15) is 4.79 Å². The van der Waals surface area contributed by atoms with Gasteiger partial charge < -0.3 is 9.72 Å². The Bertz CT molecular complexity index is 1330. The molecule has 5 aromatic rings. The number of ether oxygens (including phenoxy) is 1. The average Bonchev–Trinajstić information content (AvgIpc) is 3.11. The van der Waals surface area contributed by atoms with Gasteiger partial charge in [0.05, 0.1) is 12.7 Å². The summed E-state index contributed by atoms with van der Waals surface area (Å²) in [7, 11) is 1.41. The van der Waals surface area contributed by atoms with Crippen molar-refractivity contribution in [2.45, 2.75) is 0 Å². The Balaban J connectivity index is 1.94. The molecular formula is C24H17NO2. The van der Waals surface area contributed by atoms with Crippen molar-refractivity contribution in [2.75, 3.05) is 7.11 Å². The molecule has 27 heavy (non-hydrogen) atoms. The SMILES string of the molecule is COC(=O)c1ccccc1-c1cc2[nH]c3ccccc3c2c2ccccc12. The molecular weight excluding hydrogens is 334 g/mol. The largest absolute Gasteiger partial charge is 0.465 e. The fourth-order valence-corrected chi connectivity index (χ4v) is 3.95. The number of aromatic amines is 1. The van der Waals surface area contributed by atoms with Gasteiger partial charge in [0.1, 0.15) is 0 Å². The number of benzene rings is 4. The summed E-state index contributed by atoms with van der Waals surface area (Å²) in [6.07, 6.45) is 0. The number of methoxy groups -OCH3 is 1. The van der Waals surface area contributed by atoms with E-state index in [1.807, 2.05) is 36.4 Å². The van der Waals surface area contributed by atoms with Crippen molar-refractivity contribution >= 4 is 38.5 Å². The van der Waals surface area contributed by atoms with Gasteiger partial charge in [0, 0.05) is 21.8 Å². The molecule has 4 aromatic carbocycles. The maximum Gasteiger partial charge on any atom is 0.338 e. The molecule has 0 aliphatic carbocycles. The first-order valence-electron chi connectivity index (χ1n) is 8.88. The second kappa shape index (κ2) is 5.99. The summed E-state index contributed by atoms with van der Waals surface area (Å²) in [6, 6.07) is 26.4. The fraction of sp³-hybridized carbons (Fsp3) is 0.0417. The van der Waals surface area contributed by atoms with Crippen LogP contribution in [0.5, 0.6) is 0 Å². The van der Waals surface area contributed by atoms with E-state index in [4.69, 9.17) is 4.74 Å². The molecule has 0 atom stereocenters. The number of aromatic nitrogens is 1. The minimum absolute atomic E-state index is 0.327. The van der Waals surface area contributed by atoms with E-state index in [1.165, 1.54) is 23.3 Å². The quantitative estimate of drug-likeness (QED) is 0.401. The second-order valence-electron chi connectivity index (χ2n) is 6.60. The first-order valence-corrected chi connectivity index (χ1v) is 8.88. The van der Waals surface area contributed by atoms with Crippen molar-refractivity contribution in [1.29, 1.82) is 0 Å². The number of hydrogen-bond acceptors (Lipinski definition) is 2. The van der Waals surface area contributed by atoms with Crippen molar-refractivity contribution in [3.05, 3.63) is 84.4 Å². The molecule has 5 rings (SSSR count). The molecule has 3 heteroatoms. The third kappa shape index (κ3) is 2.32. The molecule has 0 aliphatic heterocycles. The summed E-state index contributed by atoms with van der Waals surface area (Å²) in [5.41, 5.74) is 4.63. The van der Waals surface area contributed by atoms with Gasteiger partial charge in [-0.2, -0.15) is 0 Å². The van der Waals surface area contributed by atoms with Gasteiger partial charge in [0.25, 0.3) is 0 Å². The summed E-state index contributed by atoms with van der Waals surface area (Å²) in [5, 5.41) is 4.70. The maximum absolute atomic E-state index is 12.3. The molecule has 1 aromatic heterocycles. The number of fused-ring (bicyclic) bond motifs is 5. The predicted molar refractivity (Wildman–Crippen MR) is 110 cm³/mol. The third-order valence-corrected chi connectivity index (χ3v) is 5.13. The van der Waals surface area contributed by atoms with E-state index in [2.05, 4.69) is 47.4 Å². The van der Waals surface area contributed by atoms with Crippen LogP contribution in [0.15, 0.2) is 78.9 Å². The highest BCUT2D eigenvalue weighted by atomic mass is 16.5. The van der Waals surface area contributed by atoms with Crippen LogP contribution in [0.3, 0.4) is 0 Å². The highest BCUT2D eigenvalue weighted by molar-refractivity contribution is 6.23. The number of carbonyl (C=O) groups is 1. The van der Waals surface area contributed by atoms with Gasteiger partial charge in [-0.25, -0.2) is 4.79 Å². The van der Waals surface area contributed by atoms with Gasteiger partial charge >= 0.3 is 5.97 Å². The molecule has 0 radical (unpaired) electrons. The number of esters is 1. The van der Waals surface area contributed by atoms with Crippen LogP contribution in [-0.2, 0) is 4.74 Å². The van der Waals surface area contributed by atoms with Crippen LogP contribution in [0.4, 0.5) is 0 Å². The van der Waals surface area contributed by atoms with Crippen LogP contribution in [0, 0.1) is 0 Å². The topological polar surface area (TPSA) is 42.1 Å². The Morgan fingerprint density at radius 3 is 2.22 bits per heavy atom. The zero-order valence-corrected chi connectivity index (χ0v) is 14.8. The van der Waals surface area contributed by atoms with Crippen LogP contribution in [-0.4, -0.2) is 18.1 Å². The van der Waals surface area contributed by atoms with Crippen LogP contribution in [0.25, 0.3) is 43.7 Å². The highest BCUT2D eigenvalue weighted by Crippen LogP contribution is 2.39. The molecule has 1 N–H and O–H groups in total. The van der Waals surface area contributed by atoms with E-state index in [1.54, 1.807) is 0 Å². The minimum Gasteiger partial charge on any atom is -0.465 e. The first kappa shape index (κ1) is 15.6. The molecule has 0 aliphatic rings. The fourth-order valence-electron chi connectivity index (χ4n) is 3.95. The summed E-state index contributed by atoms with van der Waals surface area (Å²) >= 11 is 0. The summed E-state index contributed by atoms with van der Waals surface area (Å²) < 4.78 is 5.00. The van der Waals surface area contributed by atoms with Crippen molar-refractivity contribution in [2.24, 2.45) is 0 Å². The highest BCUT2D eigenvalue weighted by Gasteiger charge is 2.17. The first-order chi connectivity index (χ1) is 13.3. The number of hydrogen-bond donors (Lipinski definition) is 1. The standard InChI is InChI=1S/C24H17NO2/c1-27-24(26)18-11-5-3-9-16(18)20-14-22-23(17-10-4-2-8-15(17)20)19-12-6-7-13-21(19)25-22/h2-14,25H,1H3. The third-order valence-electron chi connectivity index (χ3n) is 5.13. The lowest BCUT2D eigenvalue weighted by Crippen LogP contribution is -2.03. The molecule has 0 bridgehead atoms. The number of rotatable bonds is 2. The van der Waals surface area contributed by atoms with Crippen molar-refractivity contribution in [1.82, 2.24) is 4.98 Å². The normalized spacial score (nSPS) is 11.3.